The number of aliphatic imine (C=N–C) groups is 1. The molecule has 0 unspecified atom stereocenters. The summed E-state index contributed by atoms with van der Waals surface area (Å²) in [5.74, 6) is -5.25. The number of guanidine groups is 1. The van der Waals surface area contributed by atoms with Gasteiger partial charge in [-0.1, -0.05) is 26.0 Å². The minimum absolute atomic E-state index is 0.0207. The molecule has 0 aromatic heterocycles. The summed E-state index contributed by atoms with van der Waals surface area (Å²) in [6.07, 6.45) is 1.43. The first-order valence-corrected chi connectivity index (χ1v) is 19.4. The first-order chi connectivity index (χ1) is 26.8. The predicted molar refractivity (Wildman–Crippen MR) is 210 cm³/mol. The number of carbonyl (C=O) groups is 7. The van der Waals surface area contributed by atoms with E-state index in [-0.39, 0.29) is 75.0 Å². The van der Waals surface area contributed by atoms with Gasteiger partial charge in [0.25, 0.3) is 0 Å². The molecule has 19 heteroatoms. The maximum atomic E-state index is 14.9. The molecule has 1 aromatic rings. The maximum absolute atomic E-state index is 14.9. The van der Waals surface area contributed by atoms with E-state index >= 15 is 0 Å². The number of aliphatic carboxylic acids is 1. The number of phenols is 1. The zero-order valence-electron chi connectivity index (χ0n) is 33.2. The number of hydrogen-bond acceptors (Lipinski definition) is 11. The van der Waals surface area contributed by atoms with Gasteiger partial charge in [0.2, 0.25) is 29.5 Å². The quantitative estimate of drug-likeness (QED) is 0.0392. The van der Waals surface area contributed by atoms with Crippen LogP contribution < -0.4 is 38.9 Å². The highest BCUT2D eigenvalue weighted by molar-refractivity contribution is 5.98. The molecule has 0 saturated carbocycles. The van der Waals surface area contributed by atoms with E-state index < -0.39 is 77.3 Å². The monoisotopic (exact) mass is 800 g/mol. The smallest absolute Gasteiger partial charge is 0.326 e. The number of carboxylic acid groups (broad SMARTS) is 1. The molecule has 1 aromatic carbocycles. The van der Waals surface area contributed by atoms with Gasteiger partial charge in [-0.15, -0.1) is 0 Å². The molecule has 0 bridgehead atoms. The zero-order valence-corrected chi connectivity index (χ0v) is 33.2. The molecule has 2 aliphatic heterocycles. The number of nitrogens with one attached hydrogen (secondary N) is 3. The van der Waals surface area contributed by atoms with Gasteiger partial charge < -0.3 is 54.0 Å². The van der Waals surface area contributed by atoms with Crippen LogP contribution in [0.2, 0.25) is 0 Å². The molecule has 3 rings (SSSR count). The van der Waals surface area contributed by atoms with E-state index in [9.17, 15) is 43.8 Å². The molecule has 0 radical (unpaired) electrons. The van der Waals surface area contributed by atoms with Crippen LogP contribution in [0.15, 0.2) is 29.3 Å². The van der Waals surface area contributed by atoms with Crippen LogP contribution in [-0.2, 0) is 40.0 Å². The van der Waals surface area contributed by atoms with Gasteiger partial charge in [0.05, 0.1) is 23.7 Å². The van der Waals surface area contributed by atoms with Crippen LogP contribution in [0.5, 0.6) is 5.75 Å². The number of ketones is 1. The summed E-state index contributed by atoms with van der Waals surface area (Å²) in [4.78, 5) is 100. The Balaban J connectivity index is 1.95. The Morgan fingerprint density at radius 1 is 0.912 bits per heavy atom. The van der Waals surface area contributed by atoms with Gasteiger partial charge in [0, 0.05) is 26.1 Å². The fourth-order valence-electron chi connectivity index (χ4n) is 7.38. The lowest BCUT2D eigenvalue weighted by atomic mass is 9.89. The molecular formula is C38H60N10O9. The number of phenolic OH excluding ortho intramolecular Hbond substituents is 1. The van der Waals surface area contributed by atoms with E-state index in [1.807, 2.05) is 0 Å². The number of aromatic hydroxyl groups is 1. The molecular weight excluding hydrogens is 740 g/mol. The third kappa shape index (κ3) is 12.6. The topological polar surface area (TPSA) is 319 Å². The molecule has 19 nitrogen and oxygen atoms in total. The average Bonchev–Trinajstić information content (AvgIpc) is 3.79. The Morgan fingerprint density at radius 3 is 2.16 bits per heavy atom. The Kier molecular flexibility index (Phi) is 16.8. The van der Waals surface area contributed by atoms with E-state index in [4.69, 9.17) is 22.9 Å². The van der Waals surface area contributed by atoms with Gasteiger partial charge in [0.1, 0.15) is 23.9 Å². The summed E-state index contributed by atoms with van der Waals surface area (Å²) in [6, 6.07) is -0.0409. The number of carbonyl (C=O) groups excluding carboxylic acids is 6. The molecule has 0 aliphatic carbocycles. The second kappa shape index (κ2) is 20.7. The molecule has 0 spiro atoms. The number of amides is 5. The number of primary amides is 1. The molecule has 2 fully saturated rings. The number of nitrogens with two attached hydrogens (primary N) is 4. The number of rotatable bonds is 21. The van der Waals surface area contributed by atoms with Crippen molar-refractivity contribution in [2.75, 3.05) is 19.6 Å². The van der Waals surface area contributed by atoms with Crippen LogP contribution in [0.1, 0.15) is 84.6 Å². The maximum Gasteiger partial charge on any atom is 0.326 e. The SMILES string of the molecule is CC(C)[C@H](NC(=O)[C@H](C)N)C(=O)N1CCC[C@H]1C(=O)[C@@H](Cc1ccc(O)cc1)N1CCC[C@@]1(C)C(=O)N[C@@H](CCC(N)=O)C(=O)N[C@@H](CCCN=C(N)N)C(=O)O. The van der Waals surface area contributed by atoms with E-state index in [1.165, 1.54) is 24.0 Å². The normalized spacial score (nSPS) is 20.8. The van der Waals surface area contributed by atoms with Gasteiger partial charge in [-0.3, -0.25) is 38.7 Å². The van der Waals surface area contributed by atoms with Crippen LogP contribution in [0, 0.1) is 5.92 Å². The minimum Gasteiger partial charge on any atom is -0.508 e. The van der Waals surface area contributed by atoms with Crippen molar-refractivity contribution in [2.45, 2.75) is 127 Å². The largest absolute Gasteiger partial charge is 0.508 e. The van der Waals surface area contributed by atoms with E-state index in [2.05, 4.69) is 20.9 Å². The summed E-state index contributed by atoms with van der Waals surface area (Å²) in [7, 11) is 0. The van der Waals surface area contributed by atoms with E-state index in [1.54, 1.807) is 37.8 Å². The van der Waals surface area contributed by atoms with Crippen molar-refractivity contribution in [1.29, 1.82) is 0 Å². The van der Waals surface area contributed by atoms with E-state index in [0.29, 0.717) is 31.4 Å². The summed E-state index contributed by atoms with van der Waals surface area (Å²) in [5, 5.41) is 27.7. The second-order valence-corrected chi connectivity index (χ2v) is 15.4. The summed E-state index contributed by atoms with van der Waals surface area (Å²) < 4.78 is 0. The van der Waals surface area contributed by atoms with Crippen LogP contribution in [0.4, 0.5) is 0 Å². The number of benzene rings is 1. The molecule has 2 heterocycles. The van der Waals surface area contributed by atoms with Crippen LogP contribution in [0.3, 0.4) is 0 Å². The van der Waals surface area contributed by atoms with Crippen molar-refractivity contribution in [3.63, 3.8) is 0 Å². The molecule has 2 aliphatic rings. The highest BCUT2D eigenvalue weighted by Crippen LogP contribution is 2.35. The van der Waals surface area contributed by atoms with Crippen molar-refractivity contribution in [1.82, 2.24) is 25.8 Å². The third-order valence-electron chi connectivity index (χ3n) is 10.6. The molecule has 316 valence electrons. The molecule has 2 saturated heterocycles. The van der Waals surface area contributed by atoms with Crippen molar-refractivity contribution < 1.29 is 43.8 Å². The highest BCUT2D eigenvalue weighted by atomic mass is 16.4. The molecule has 57 heavy (non-hydrogen) atoms. The second-order valence-electron chi connectivity index (χ2n) is 15.4. The fraction of sp³-hybridized carbons (Fsp3) is 0.632. The van der Waals surface area contributed by atoms with Gasteiger partial charge in [-0.2, -0.15) is 0 Å². The Morgan fingerprint density at radius 2 is 1.58 bits per heavy atom. The van der Waals surface area contributed by atoms with Gasteiger partial charge in [0.15, 0.2) is 11.7 Å². The average molecular weight is 801 g/mol. The standard InChI is InChI=1S/C38H60N10O9/c1-21(2)30(46-32(52)22(3)39)34(54)47-18-6-9-27(47)31(51)28(20-23-10-12-24(49)13-11-23)48-19-7-16-38(48,4)36(57)45-25(14-15-29(40)50)33(53)44-26(35(55)56)8-5-17-43-37(41)42/h10-13,21-22,25-28,30,49H,5-9,14-20,39H2,1-4H3,(H2,40,50)(H,44,53)(H,45,57)(H,46,52)(H,55,56)(H4,41,42,43)/t22-,25-,26-,27-,28+,30-,38-/m0/s1. The third-order valence-corrected chi connectivity index (χ3v) is 10.6. The summed E-state index contributed by atoms with van der Waals surface area (Å²) >= 11 is 0. The number of Topliss-reactive ketones (excluding diaryl/α,β-unsaturated/α-hetero) is 1. The lowest BCUT2D eigenvalue weighted by molar-refractivity contribution is -0.146. The van der Waals surface area contributed by atoms with E-state index in [0.717, 1.165) is 0 Å². The van der Waals surface area contributed by atoms with Gasteiger partial charge >= 0.3 is 5.97 Å². The first-order valence-electron chi connectivity index (χ1n) is 19.4. The number of carboxylic acids is 1. The van der Waals surface area contributed by atoms with Crippen molar-refractivity contribution in [2.24, 2.45) is 33.8 Å². The lowest BCUT2D eigenvalue weighted by Gasteiger charge is -2.41. The van der Waals surface area contributed by atoms with Gasteiger partial charge in [-0.05, 0) is 88.8 Å². The first kappa shape index (κ1) is 46.1. The minimum atomic E-state index is -1.38. The summed E-state index contributed by atoms with van der Waals surface area (Å²) in [6.45, 7) is 7.42. The highest BCUT2D eigenvalue weighted by Gasteiger charge is 2.51. The van der Waals surface area contributed by atoms with Crippen molar-refractivity contribution >= 4 is 47.2 Å². The van der Waals surface area contributed by atoms with Crippen LogP contribution in [-0.4, -0.2) is 129 Å². The Labute approximate surface area is 332 Å². The summed E-state index contributed by atoms with van der Waals surface area (Å²) in [5.41, 5.74) is 21.1. The fourth-order valence-corrected chi connectivity index (χ4v) is 7.38. The Bertz CT molecular complexity index is 1650. The zero-order chi connectivity index (χ0) is 42.6. The number of likely N-dealkylation sites (tertiary alicyclic amines) is 2. The predicted octanol–water partition coefficient (Wildman–Crippen LogP) is -1.42. The van der Waals surface area contributed by atoms with Crippen LogP contribution in [0.25, 0.3) is 0 Å². The number of nitrogens with zero attached hydrogens (tertiary/aromatic N) is 3. The molecule has 7 atom stereocenters. The van der Waals surface area contributed by atoms with Crippen LogP contribution >= 0.6 is 0 Å². The molecule has 5 amide bonds. The van der Waals surface area contributed by atoms with Crippen molar-refractivity contribution in [3.05, 3.63) is 29.8 Å². The van der Waals surface area contributed by atoms with Gasteiger partial charge in [-0.25, -0.2) is 4.79 Å². The lowest BCUT2D eigenvalue weighted by Crippen LogP contribution is -2.64. The number of hydrogen-bond donors (Lipinski definition) is 9. The van der Waals surface area contributed by atoms with Crippen molar-refractivity contribution in [3.8, 4) is 5.75 Å². The molecule has 13 N–H and O–H groups in total. The Hall–Kier alpha value is -5.30.